The van der Waals surface area contributed by atoms with E-state index in [0.717, 1.165) is 53.5 Å². The molecule has 0 radical (unpaired) electrons. The quantitative estimate of drug-likeness (QED) is 0.331. The van der Waals surface area contributed by atoms with Gasteiger partial charge in [-0.1, -0.05) is 79.0 Å². The van der Waals surface area contributed by atoms with Crippen LogP contribution >= 0.6 is 11.6 Å². The van der Waals surface area contributed by atoms with Gasteiger partial charge in [-0.05, 0) is 73.6 Å². The molecule has 6 heteroatoms. The van der Waals surface area contributed by atoms with Crippen molar-refractivity contribution in [3.63, 3.8) is 0 Å². The second-order valence-electron chi connectivity index (χ2n) is 10.3. The minimum Gasteiger partial charge on any atom is -0.483 e. The number of nitrogens with one attached hydrogen (secondary N) is 1. The van der Waals surface area contributed by atoms with Crippen LogP contribution in [-0.4, -0.2) is 35.4 Å². The first-order valence-electron chi connectivity index (χ1n) is 13.4. The van der Waals surface area contributed by atoms with Crippen LogP contribution in [0.4, 0.5) is 0 Å². The lowest BCUT2D eigenvalue weighted by Gasteiger charge is -2.32. The molecule has 4 rings (SSSR count). The van der Waals surface area contributed by atoms with Crippen molar-refractivity contribution >= 4 is 23.4 Å². The Balaban J connectivity index is 1.64. The number of carbonyl (C=O) groups excluding carboxylic acids is 2. The molecule has 3 aromatic rings. The van der Waals surface area contributed by atoms with Crippen LogP contribution in [0, 0.1) is 20.8 Å². The van der Waals surface area contributed by atoms with Crippen molar-refractivity contribution in [2.75, 3.05) is 6.61 Å². The average molecular weight is 533 g/mol. The Kier molecular flexibility index (Phi) is 9.46. The summed E-state index contributed by atoms with van der Waals surface area (Å²) in [6.07, 6.45) is 4.56. The molecule has 1 aliphatic carbocycles. The molecule has 38 heavy (non-hydrogen) atoms. The molecule has 0 saturated heterocycles. The number of halogens is 1. The molecule has 3 aromatic carbocycles. The number of amides is 2. The van der Waals surface area contributed by atoms with Crippen LogP contribution in [0.15, 0.2) is 66.7 Å². The summed E-state index contributed by atoms with van der Waals surface area (Å²) in [5.74, 6) is 0.290. The average Bonchev–Trinajstić information content (AvgIpc) is 3.41. The second kappa shape index (κ2) is 13.0. The first-order chi connectivity index (χ1) is 18.3. The highest BCUT2D eigenvalue weighted by Crippen LogP contribution is 2.25. The molecule has 1 fully saturated rings. The van der Waals surface area contributed by atoms with Gasteiger partial charge in [-0.25, -0.2) is 0 Å². The maximum Gasteiger partial charge on any atom is 0.261 e. The fourth-order valence-corrected chi connectivity index (χ4v) is 5.30. The molecule has 0 aromatic heterocycles. The number of ether oxygens (including phenoxy) is 1. The first-order valence-corrected chi connectivity index (χ1v) is 13.8. The molecule has 1 atom stereocenters. The van der Waals surface area contributed by atoms with Gasteiger partial charge in [0.2, 0.25) is 5.91 Å². The minimum atomic E-state index is -0.703. The maximum atomic E-state index is 13.9. The van der Waals surface area contributed by atoms with E-state index < -0.39 is 6.04 Å². The monoisotopic (exact) mass is 532 g/mol. The van der Waals surface area contributed by atoms with Crippen LogP contribution in [0.5, 0.6) is 5.75 Å². The van der Waals surface area contributed by atoms with Gasteiger partial charge < -0.3 is 15.0 Å². The van der Waals surface area contributed by atoms with E-state index in [0.29, 0.717) is 17.2 Å². The molecule has 1 aliphatic rings. The molecule has 0 unspecified atom stereocenters. The molecule has 0 heterocycles. The van der Waals surface area contributed by atoms with E-state index in [1.54, 1.807) is 11.0 Å². The summed E-state index contributed by atoms with van der Waals surface area (Å²) in [7, 11) is 0. The molecular weight excluding hydrogens is 496 g/mol. The van der Waals surface area contributed by atoms with Gasteiger partial charge in [0, 0.05) is 24.0 Å². The van der Waals surface area contributed by atoms with Crippen LogP contribution in [0.2, 0.25) is 5.02 Å². The van der Waals surface area contributed by atoms with Crippen molar-refractivity contribution in [2.24, 2.45) is 0 Å². The predicted octanol–water partition coefficient (Wildman–Crippen LogP) is 6.34. The lowest BCUT2D eigenvalue weighted by Crippen LogP contribution is -2.53. The van der Waals surface area contributed by atoms with Crippen LogP contribution in [0.1, 0.15) is 53.5 Å². The number of hydrogen-bond donors (Lipinski definition) is 1. The molecular formula is C32H37ClN2O3. The number of hydrogen-bond acceptors (Lipinski definition) is 3. The summed E-state index contributed by atoms with van der Waals surface area (Å²) in [4.78, 5) is 29.3. The summed E-state index contributed by atoms with van der Waals surface area (Å²) in [5, 5.41) is 3.79. The van der Waals surface area contributed by atoms with E-state index in [4.69, 9.17) is 16.3 Å². The zero-order valence-electron chi connectivity index (χ0n) is 22.5. The number of nitrogens with zero attached hydrogens (tertiary/aromatic N) is 1. The summed E-state index contributed by atoms with van der Waals surface area (Å²) < 4.78 is 6.07. The van der Waals surface area contributed by atoms with Gasteiger partial charge in [-0.3, -0.25) is 9.59 Å². The second-order valence-corrected chi connectivity index (χ2v) is 10.7. The number of rotatable bonds is 10. The summed E-state index contributed by atoms with van der Waals surface area (Å²) in [6, 6.07) is 20.8. The van der Waals surface area contributed by atoms with Crippen LogP contribution < -0.4 is 10.1 Å². The van der Waals surface area contributed by atoms with Gasteiger partial charge in [-0.2, -0.15) is 0 Å². The SMILES string of the molecule is Cc1cc(C)c(C)c(OCC(=O)N(Cc2ccccc2Cl)[C@@H](Cc2ccccc2)C(=O)NC2CCCC2)c1. The van der Waals surface area contributed by atoms with Crippen molar-refractivity contribution in [2.45, 2.75) is 71.5 Å². The lowest BCUT2D eigenvalue weighted by molar-refractivity contribution is -0.143. The number of aryl methyl sites for hydroxylation is 2. The zero-order chi connectivity index (χ0) is 27.1. The third kappa shape index (κ3) is 7.16. The Morgan fingerprint density at radius 1 is 1.00 bits per heavy atom. The smallest absolute Gasteiger partial charge is 0.261 e. The largest absolute Gasteiger partial charge is 0.483 e. The van der Waals surface area contributed by atoms with E-state index in [9.17, 15) is 9.59 Å². The normalized spacial score (nSPS) is 14.2. The van der Waals surface area contributed by atoms with Gasteiger partial charge in [-0.15, -0.1) is 0 Å². The van der Waals surface area contributed by atoms with Gasteiger partial charge in [0.1, 0.15) is 11.8 Å². The predicted molar refractivity (Wildman–Crippen MR) is 152 cm³/mol. The van der Waals surface area contributed by atoms with Crippen LogP contribution in [-0.2, 0) is 22.6 Å². The Morgan fingerprint density at radius 2 is 1.68 bits per heavy atom. The van der Waals surface area contributed by atoms with Crippen LogP contribution in [0.25, 0.3) is 0 Å². The molecule has 0 aliphatic heterocycles. The highest BCUT2D eigenvalue weighted by molar-refractivity contribution is 6.31. The number of carbonyl (C=O) groups is 2. The molecule has 0 spiro atoms. The summed E-state index contributed by atoms with van der Waals surface area (Å²) >= 11 is 6.51. The Bertz CT molecular complexity index is 1250. The third-order valence-corrected chi connectivity index (χ3v) is 7.76. The molecule has 200 valence electrons. The third-order valence-electron chi connectivity index (χ3n) is 7.39. The van der Waals surface area contributed by atoms with Crippen molar-refractivity contribution < 1.29 is 14.3 Å². The summed E-state index contributed by atoms with van der Waals surface area (Å²) in [6.45, 7) is 6.07. The van der Waals surface area contributed by atoms with E-state index in [1.807, 2.05) is 75.4 Å². The molecule has 0 bridgehead atoms. The topological polar surface area (TPSA) is 58.6 Å². The maximum absolute atomic E-state index is 13.9. The highest BCUT2D eigenvalue weighted by atomic mass is 35.5. The first kappa shape index (κ1) is 27.7. The number of benzene rings is 3. The lowest BCUT2D eigenvalue weighted by atomic mass is 10.0. The Hall–Kier alpha value is -3.31. The fourth-order valence-electron chi connectivity index (χ4n) is 5.10. The molecule has 1 saturated carbocycles. The highest BCUT2D eigenvalue weighted by Gasteiger charge is 2.32. The Labute approximate surface area is 231 Å². The zero-order valence-corrected chi connectivity index (χ0v) is 23.3. The van der Waals surface area contributed by atoms with Crippen molar-refractivity contribution in [3.05, 3.63) is 99.6 Å². The molecule has 5 nitrogen and oxygen atoms in total. The molecule has 1 N–H and O–H groups in total. The van der Waals surface area contributed by atoms with Gasteiger partial charge in [0.15, 0.2) is 6.61 Å². The van der Waals surface area contributed by atoms with Crippen molar-refractivity contribution in [3.8, 4) is 5.75 Å². The van der Waals surface area contributed by atoms with E-state index in [1.165, 1.54) is 0 Å². The van der Waals surface area contributed by atoms with Crippen molar-refractivity contribution in [1.82, 2.24) is 10.2 Å². The molecule has 2 amide bonds. The minimum absolute atomic E-state index is 0.135. The Morgan fingerprint density at radius 3 is 2.39 bits per heavy atom. The summed E-state index contributed by atoms with van der Waals surface area (Å²) in [5.41, 5.74) is 4.96. The van der Waals surface area contributed by atoms with Gasteiger partial charge in [0.05, 0.1) is 0 Å². The van der Waals surface area contributed by atoms with Crippen molar-refractivity contribution in [1.29, 1.82) is 0 Å². The van der Waals surface area contributed by atoms with Crippen LogP contribution in [0.3, 0.4) is 0 Å². The van der Waals surface area contributed by atoms with E-state index >= 15 is 0 Å². The standard InChI is InChI=1S/C32H37ClN2O3/c1-22-17-23(2)24(3)30(18-22)38-21-31(36)35(20-26-13-7-10-16-28(26)33)29(19-25-11-5-4-6-12-25)32(37)34-27-14-8-9-15-27/h4-7,10-13,16-18,27,29H,8-9,14-15,19-21H2,1-3H3,(H,34,37)/t29-/m0/s1. The fraction of sp³-hybridized carbons (Fsp3) is 0.375. The van der Waals surface area contributed by atoms with Gasteiger partial charge >= 0.3 is 0 Å². The van der Waals surface area contributed by atoms with E-state index in [-0.39, 0.29) is 31.0 Å². The van der Waals surface area contributed by atoms with E-state index in [2.05, 4.69) is 11.4 Å². The van der Waals surface area contributed by atoms with Gasteiger partial charge in [0.25, 0.3) is 5.91 Å².